The van der Waals surface area contributed by atoms with E-state index < -0.39 is 41.8 Å². The molecule has 226 valence electrons. The van der Waals surface area contributed by atoms with E-state index in [9.17, 15) is 29.1 Å². The second kappa shape index (κ2) is 15.1. The zero-order chi connectivity index (χ0) is 30.8. The number of aliphatic carboxylic acids is 1. The lowest BCUT2D eigenvalue weighted by molar-refractivity contribution is -0.140. The van der Waals surface area contributed by atoms with E-state index in [1.807, 2.05) is 51.1 Å². The van der Waals surface area contributed by atoms with Gasteiger partial charge in [0, 0.05) is 20.0 Å². The van der Waals surface area contributed by atoms with E-state index in [-0.39, 0.29) is 42.3 Å². The van der Waals surface area contributed by atoms with Crippen LogP contribution in [-0.4, -0.2) is 77.9 Å². The summed E-state index contributed by atoms with van der Waals surface area (Å²) in [6.07, 6.45) is 1.22. The molecule has 0 fully saturated rings. The van der Waals surface area contributed by atoms with Crippen LogP contribution in [0.5, 0.6) is 5.75 Å². The minimum atomic E-state index is -1.24. The van der Waals surface area contributed by atoms with Gasteiger partial charge in [0.1, 0.15) is 17.8 Å². The number of fused-ring (bicyclic) bond motifs is 1. The number of hydrogen-bond donors (Lipinski definition) is 4. The minimum Gasteiger partial charge on any atom is -0.494 e. The molecule has 42 heavy (non-hydrogen) atoms. The van der Waals surface area contributed by atoms with Crippen LogP contribution >= 0.6 is 0 Å². The molecule has 2 aromatic carbocycles. The molecule has 0 aliphatic carbocycles. The summed E-state index contributed by atoms with van der Waals surface area (Å²) >= 11 is 0. The van der Waals surface area contributed by atoms with Crippen molar-refractivity contribution >= 4 is 29.6 Å². The summed E-state index contributed by atoms with van der Waals surface area (Å²) in [6, 6.07) is 10.9. The first kappa shape index (κ1) is 32.3. The van der Waals surface area contributed by atoms with E-state index in [0.29, 0.717) is 18.8 Å². The zero-order valence-corrected chi connectivity index (χ0v) is 24.5. The van der Waals surface area contributed by atoms with Gasteiger partial charge in [0.15, 0.2) is 0 Å². The topological polar surface area (TPSA) is 154 Å². The number of likely N-dealkylation sites (N-methyl/N-ethyl adjacent to an activating group) is 1. The van der Waals surface area contributed by atoms with Crippen molar-refractivity contribution in [3.63, 3.8) is 0 Å². The van der Waals surface area contributed by atoms with Crippen LogP contribution in [-0.2, 0) is 20.8 Å². The highest BCUT2D eigenvalue weighted by molar-refractivity contribution is 6.21. The summed E-state index contributed by atoms with van der Waals surface area (Å²) < 4.78 is 5.58. The highest BCUT2D eigenvalue weighted by Crippen LogP contribution is 2.27. The van der Waals surface area contributed by atoms with Gasteiger partial charge in [-0.15, -0.1) is 0 Å². The van der Waals surface area contributed by atoms with Crippen LogP contribution in [0.2, 0.25) is 0 Å². The average Bonchev–Trinajstić information content (AvgIpc) is 3.20. The highest BCUT2D eigenvalue weighted by atomic mass is 16.5. The fourth-order valence-corrected chi connectivity index (χ4v) is 4.79. The highest BCUT2D eigenvalue weighted by Gasteiger charge is 2.37. The molecule has 1 unspecified atom stereocenters. The van der Waals surface area contributed by atoms with Crippen molar-refractivity contribution in [1.82, 2.24) is 20.9 Å². The van der Waals surface area contributed by atoms with Crippen molar-refractivity contribution in [3.05, 3.63) is 65.2 Å². The van der Waals surface area contributed by atoms with Crippen LogP contribution in [0.3, 0.4) is 0 Å². The molecule has 2 aromatic rings. The van der Waals surface area contributed by atoms with Crippen LogP contribution in [0.4, 0.5) is 0 Å². The van der Waals surface area contributed by atoms with E-state index >= 15 is 0 Å². The molecule has 11 nitrogen and oxygen atoms in total. The maximum Gasteiger partial charge on any atom is 0.320 e. The van der Waals surface area contributed by atoms with E-state index in [1.54, 1.807) is 6.07 Å². The van der Waals surface area contributed by atoms with Crippen molar-refractivity contribution in [2.24, 2.45) is 5.92 Å². The Kier molecular flexibility index (Phi) is 11.6. The predicted molar refractivity (Wildman–Crippen MR) is 156 cm³/mol. The van der Waals surface area contributed by atoms with Gasteiger partial charge in [0.2, 0.25) is 11.8 Å². The molecule has 4 amide bonds. The predicted octanol–water partition coefficient (Wildman–Crippen LogP) is 2.39. The van der Waals surface area contributed by atoms with Gasteiger partial charge in [-0.1, -0.05) is 51.1 Å². The SMILES string of the molecule is CCCOc1ccc2c(c1)C(=O)N(CCC(N[C@@H](CC(C)C)C(=O)N[C@@H](Cc1ccccc1)C(=O)NC)C(=O)O)C2=O. The molecular formula is C31H40N4O7. The standard InChI is InChI=1S/C31H40N4O7/c1-5-15-42-21-11-12-22-23(18-21)30(39)35(29(22)38)14-13-24(31(40)41)33-25(16-19(2)3)28(37)34-26(27(36)32-4)17-20-9-7-6-8-10-20/h6-12,18-19,24-26,33H,5,13-17H2,1-4H3,(H,32,36)(H,34,37)(H,40,41)/t24?,25-,26-/m0/s1. The molecular weight excluding hydrogens is 540 g/mol. The molecule has 0 saturated carbocycles. The number of nitrogens with one attached hydrogen (secondary N) is 3. The summed E-state index contributed by atoms with van der Waals surface area (Å²) in [6.45, 7) is 6.06. The molecule has 1 aliphatic heterocycles. The number of carboxylic acid groups (broad SMARTS) is 1. The number of imide groups is 1. The summed E-state index contributed by atoms with van der Waals surface area (Å²) in [5.41, 5.74) is 1.30. The number of benzene rings is 2. The lowest BCUT2D eigenvalue weighted by Gasteiger charge is -2.27. The quantitative estimate of drug-likeness (QED) is 0.221. The Hall–Kier alpha value is -4.25. The van der Waals surface area contributed by atoms with Crippen LogP contribution in [0.15, 0.2) is 48.5 Å². The van der Waals surface area contributed by atoms with E-state index in [1.165, 1.54) is 19.2 Å². The molecule has 11 heteroatoms. The number of nitrogens with zero attached hydrogens (tertiary/aromatic N) is 1. The first-order valence-electron chi connectivity index (χ1n) is 14.2. The van der Waals surface area contributed by atoms with Gasteiger partial charge in [-0.05, 0) is 48.9 Å². The van der Waals surface area contributed by atoms with Gasteiger partial charge in [-0.25, -0.2) is 0 Å². The normalized spacial score (nSPS) is 14.7. The third-order valence-electron chi connectivity index (χ3n) is 6.94. The molecule has 0 spiro atoms. The van der Waals surface area contributed by atoms with Gasteiger partial charge >= 0.3 is 5.97 Å². The smallest absolute Gasteiger partial charge is 0.320 e. The number of ether oxygens (including phenoxy) is 1. The van der Waals surface area contributed by atoms with Crippen LogP contribution in [0.25, 0.3) is 0 Å². The number of rotatable bonds is 16. The molecule has 1 aliphatic rings. The Labute approximate surface area is 246 Å². The van der Waals surface area contributed by atoms with Crippen LogP contribution in [0, 0.1) is 5.92 Å². The summed E-state index contributed by atoms with van der Waals surface area (Å²) in [5, 5.41) is 18.2. The van der Waals surface area contributed by atoms with Crippen molar-refractivity contribution in [2.45, 2.75) is 64.6 Å². The molecule has 0 bridgehead atoms. The minimum absolute atomic E-state index is 0.0237. The molecule has 3 rings (SSSR count). The molecule has 4 N–H and O–H groups in total. The van der Waals surface area contributed by atoms with Gasteiger partial charge < -0.3 is 20.5 Å². The fraction of sp³-hybridized carbons (Fsp3) is 0.452. The summed E-state index contributed by atoms with van der Waals surface area (Å²) in [5.74, 6) is -2.64. The largest absolute Gasteiger partial charge is 0.494 e. The van der Waals surface area contributed by atoms with Crippen LogP contribution < -0.4 is 20.7 Å². The van der Waals surface area contributed by atoms with E-state index in [4.69, 9.17) is 4.74 Å². The van der Waals surface area contributed by atoms with Gasteiger partial charge in [0.25, 0.3) is 11.8 Å². The van der Waals surface area contributed by atoms with Gasteiger partial charge in [-0.3, -0.25) is 34.2 Å². The molecule has 3 atom stereocenters. The second-order valence-electron chi connectivity index (χ2n) is 10.7. The van der Waals surface area contributed by atoms with Crippen LogP contribution in [0.1, 0.15) is 66.3 Å². The Morgan fingerprint density at radius 2 is 1.62 bits per heavy atom. The monoisotopic (exact) mass is 580 g/mol. The number of carboxylic acids is 1. The summed E-state index contributed by atoms with van der Waals surface area (Å²) in [4.78, 5) is 65.2. The van der Waals surface area contributed by atoms with Gasteiger partial charge in [-0.2, -0.15) is 0 Å². The van der Waals surface area contributed by atoms with E-state index in [0.717, 1.165) is 16.9 Å². The first-order valence-corrected chi connectivity index (χ1v) is 14.2. The average molecular weight is 581 g/mol. The van der Waals surface area contributed by atoms with Crippen molar-refractivity contribution in [2.75, 3.05) is 20.2 Å². The lowest BCUT2D eigenvalue weighted by atomic mass is 10.00. The maximum atomic E-state index is 13.4. The maximum absolute atomic E-state index is 13.4. The number of amides is 4. The Morgan fingerprint density at radius 3 is 2.24 bits per heavy atom. The number of carbonyl (C=O) groups is 5. The van der Waals surface area contributed by atoms with E-state index in [2.05, 4.69) is 16.0 Å². The van der Waals surface area contributed by atoms with Crippen molar-refractivity contribution < 1.29 is 33.8 Å². The van der Waals surface area contributed by atoms with Crippen molar-refractivity contribution in [3.8, 4) is 5.75 Å². The van der Waals surface area contributed by atoms with Gasteiger partial charge in [0.05, 0.1) is 23.8 Å². The number of carbonyl (C=O) groups excluding carboxylic acids is 4. The lowest BCUT2D eigenvalue weighted by Crippen LogP contribution is -2.56. The number of hydrogen-bond acceptors (Lipinski definition) is 7. The Morgan fingerprint density at radius 1 is 0.929 bits per heavy atom. The molecule has 1 heterocycles. The zero-order valence-electron chi connectivity index (χ0n) is 24.5. The summed E-state index contributed by atoms with van der Waals surface area (Å²) in [7, 11) is 1.48. The second-order valence-corrected chi connectivity index (χ2v) is 10.7. The first-order chi connectivity index (χ1) is 20.0. The van der Waals surface area contributed by atoms with Crippen molar-refractivity contribution in [1.29, 1.82) is 0 Å². The molecule has 0 saturated heterocycles. The molecule has 0 radical (unpaired) electrons. The third-order valence-corrected chi connectivity index (χ3v) is 6.94. The fourth-order valence-electron chi connectivity index (χ4n) is 4.79. The third kappa shape index (κ3) is 8.39. The Bertz CT molecular complexity index is 1280. The molecule has 0 aromatic heterocycles. The Balaban J connectivity index is 1.71.